The molecule has 9 nitrogen and oxygen atoms in total. The maximum absolute atomic E-state index is 13.3. The highest BCUT2D eigenvalue weighted by molar-refractivity contribution is 5.78. The fourth-order valence-electron chi connectivity index (χ4n) is 6.79. The van der Waals surface area contributed by atoms with Crippen LogP contribution >= 0.6 is 0 Å². The molecule has 0 aliphatic carbocycles. The topological polar surface area (TPSA) is 119 Å². The van der Waals surface area contributed by atoms with Crippen LogP contribution in [0.5, 0.6) is 0 Å². The summed E-state index contributed by atoms with van der Waals surface area (Å²) in [5, 5.41) is 9.23. The number of ketones is 1. The van der Waals surface area contributed by atoms with Crippen LogP contribution in [0.2, 0.25) is 0 Å². The number of carbonyl (C=O) groups is 4. The second-order valence-corrected chi connectivity index (χ2v) is 15.5. The van der Waals surface area contributed by atoms with Crippen LogP contribution in [0, 0.1) is 17.8 Å². The van der Waals surface area contributed by atoms with Crippen LogP contribution in [-0.2, 0) is 33.4 Å². The minimum absolute atomic E-state index is 0.000329. The average Bonchev–Trinajstić information content (AvgIpc) is 3.12. The van der Waals surface area contributed by atoms with E-state index in [1.54, 1.807) is 0 Å². The highest BCUT2D eigenvalue weighted by Gasteiger charge is 2.27. The van der Waals surface area contributed by atoms with Crippen molar-refractivity contribution < 1.29 is 38.5 Å². The zero-order valence-electron chi connectivity index (χ0n) is 33.8. The van der Waals surface area contributed by atoms with Crippen molar-refractivity contribution in [2.45, 2.75) is 188 Å². The monoisotopic (exact) mass is 738 g/mol. The van der Waals surface area contributed by atoms with Gasteiger partial charge in [-0.2, -0.15) is 0 Å². The van der Waals surface area contributed by atoms with Gasteiger partial charge in [0.25, 0.3) is 0 Å². The van der Waals surface area contributed by atoms with E-state index in [4.69, 9.17) is 14.2 Å². The number of Topliss-reactive ketones (excluding diaryl/α,β-unsaturated/α-hetero) is 1. The van der Waals surface area contributed by atoms with Crippen molar-refractivity contribution in [1.82, 2.24) is 4.90 Å². The van der Waals surface area contributed by atoms with Crippen LogP contribution in [-0.4, -0.2) is 79.8 Å². The maximum Gasteiger partial charge on any atom is 0.308 e. The zero-order valence-corrected chi connectivity index (χ0v) is 33.8. The standard InChI is InChI=1S/C43H79NO8/c1-4-7-10-13-15-16-18-21-26-40(46)27-22-23-28-41(47)50-34-38(35-51-42(48)29-30-44-31-37(32-44)33-45)36-52-43(49)39(24-19-12-9-6-3)25-20-17-14-11-8-5-2/h37-39,45H,4-36H2,1-3H3. The third-order valence-electron chi connectivity index (χ3n) is 10.4. The SMILES string of the molecule is CCCCCCCCCCC(=O)CCCCC(=O)OCC(COC(=O)CCN1CC(CO)C1)COC(=O)C(CCCCCC)CCCCCCCC. The molecule has 1 fully saturated rings. The molecule has 52 heavy (non-hydrogen) atoms. The molecular formula is C43H79NO8. The predicted molar refractivity (Wildman–Crippen MR) is 209 cm³/mol. The predicted octanol–water partition coefficient (Wildman–Crippen LogP) is 9.54. The molecule has 2 atom stereocenters. The van der Waals surface area contributed by atoms with E-state index < -0.39 is 5.92 Å². The van der Waals surface area contributed by atoms with Crippen LogP contribution in [0.25, 0.3) is 0 Å². The van der Waals surface area contributed by atoms with Gasteiger partial charge in [0.1, 0.15) is 25.6 Å². The molecule has 9 heteroatoms. The normalized spacial score (nSPS) is 14.5. The lowest BCUT2D eigenvalue weighted by atomic mass is 9.94. The molecule has 2 unspecified atom stereocenters. The molecule has 1 heterocycles. The van der Waals surface area contributed by atoms with E-state index in [0.29, 0.717) is 32.2 Å². The van der Waals surface area contributed by atoms with Gasteiger partial charge in [-0.05, 0) is 32.1 Å². The number of esters is 3. The summed E-state index contributed by atoms with van der Waals surface area (Å²) in [6.45, 7) is 8.95. The van der Waals surface area contributed by atoms with Gasteiger partial charge in [-0.3, -0.25) is 19.2 Å². The minimum Gasteiger partial charge on any atom is -0.465 e. The van der Waals surface area contributed by atoms with Crippen LogP contribution in [0.1, 0.15) is 188 Å². The Morgan fingerprint density at radius 2 is 0.981 bits per heavy atom. The van der Waals surface area contributed by atoms with E-state index in [1.807, 2.05) is 0 Å². The number of hydrogen-bond donors (Lipinski definition) is 1. The number of hydrogen-bond acceptors (Lipinski definition) is 9. The zero-order chi connectivity index (χ0) is 38.1. The highest BCUT2D eigenvalue weighted by Crippen LogP contribution is 2.21. The van der Waals surface area contributed by atoms with Gasteiger partial charge in [-0.15, -0.1) is 0 Å². The highest BCUT2D eigenvalue weighted by atomic mass is 16.6. The van der Waals surface area contributed by atoms with Gasteiger partial charge in [-0.25, -0.2) is 0 Å². The fourth-order valence-corrected chi connectivity index (χ4v) is 6.79. The Balaban J connectivity index is 2.53. The minimum atomic E-state index is -0.456. The molecule has 0 aromatic rings. The van der Waals surface area contributed by atoms with Crippen molar-refractivity contribution >= 4 is 23.7 Å². The van der Waals surface area contributed by atoms with Crippen molar-refractivity contribution in [3.8, 4) is 0 Å². The first-order chi connectivity index (χ1) is 25.3. The van der Waals surface area contributed by atoms with Gasteiger partial charge in [0, 0.05) is 51.4 Å². The van der Waals surface area contributed by atoms with Crippen LogP contribution in [0.3, 0.4) is 0 Å². The first-order valence-corrected chi connectivity index (χ1v) is 21.7. The Labute approximate surface area is 318 Å². The van der Waals surface area contributed by atoms with Gasteiger partial charge in [0.2, 0.25) is 0 Å². The molecule has 1 N–H and O–H groups in total. The quantitative estimate of drug-likeness (QED) is 0.0378. The summed E-state index contributed by atoms with van der Waals surface area (Å²) < 4.78 is 17.0. The summed E-state index contributed by atoms with van der Waals surface area (Å²) in [5.41, 5.74) is 0. The molecule has 0 aromatic heterocycles. The van der Waals surface area contributed by atoms with E-state index in [9.17, 15) is 24.3 Å². The van der Waals surface area contributed by atoms with Gasteiger partial charge in [0.05, 0.1) is 18.3 Å². The molecule has 0 saturated carbocycles. The van der Waals surface area contributed by atoms with E-state index in [1.165, 1.54) is 64.2 Å². The molecule has 1 aliphatic rings. The summed E-state index contributed by atoms with van der Waals surface area (Å²) in [5.74, 6) is -0.962. The summed E-state index contributed by atoms with van der Waals surface area (Å²) in [6, 6.07) is 0. The molecule has 0 radical (unpaired) electrons. The molecule has 0 amide bonds. The lowest BCUT2D eigenvalue weighted by Crippen LogP contribution is -2.48. The molecular weight excluding hydrogens is 658 g/mol. The first-order valence-electron chi connectivity index (χ1n) is 21.7. The van der Waals surface area contributed by atoms with Crippen LogP contribution < -0.4 is 0 Å². The number of aliphatic hydroxyl groups is 1. The smallest absolute Gasteiger partial charge is 0.308 e. The second kappa shape index (κ2) is 33.6. The van der Waals surface area contributed by atoms with Crippen LogP contribution in [0.4, 0.5) is 0 Å². The van der Waals surface area contributed by atoms with Gasteiger partial charge < -0.3 is 24.2 Å². The first kappa shape index (κ1) is 48.0. The number of carbonyl (C=O) groups excluding carboxylic acids is 4. The number of nitrogens with zero attached hydrogens (tertiary/aromatic N) is 1. The lowest BCUT2D eigenvalue weighted by molar-refractivity contribution is -0.156. The second-order valence-electron chi connectivity index (χ2n) is 15.5. The molecule has 304 valence electrons. The van der Waals surface area contributed by atoms with Crippen molar-refractivity contribution in [2.24, 2.45) is 17.8 Å². The summed E-state index contributed by atoms with van der Waals surface area (Å²) in [4.78, 5) is 52.9. The van der Waals surface area contributed by atoms with Crippen LogP contribution in [0.15, 0.2) is 0 Å². The van der Waals surface area contributed by atoms with Gasteiger partial charge in [0.15, 0.2) is 0 Å². The summed E-state index contributed by atoms with van der Waals surface area (Å²) in [6.07, 6.45) is 25.6. The maximum atomic E-state index is 13.3. The lowest BCUT2D eigenvalue weighted by Gasteiger charge is -2.37. The van der Waals surface area contributed by atoms with Crippen molar-refractivity contribution in [3.05, 3.63) is 0 Å². The molecule has 0 aromatic carbocycles. The summed E-state index contributed by atoms with van der Waals surface area (Å²) >= 11 is 0. The van der Waals surface area contributed by atoms with Crippen molar-refractivity contribution in [1.29, 1.82) is 0 Å². The fraction of sp³-hybridized carbons (Fsp3) is 0.907. The Bertz CT molecular complexity index is 906. The van der Waals surface area contributed by atoms with Crippen molar-refractivity contribution in [2.75, 3.05) is 46.1 Å². The molecule has 0 spiro atoms. The molecule has 0 bridgehead atoms. The number of likely N-dealkylation sites (tertiary alicyclic amines) is 1. The van der Waals surface area contributed by atoms with Gasteiger partial charge >= 0.3 is 17.9 Å². The Hall–Kier alpha value is -2.00. The van der Waals surface area contributed by atoms with E-state index >= 15 is 0 Å². The average molecular weight is 738 g/mol. The van der Waals surface area contributed by atoms with Gasteiger partial charge in [-0.1, -0.05) is 130 Å². The Kier molecular flexibility index (Phi) is 31.0. The third kappa shape index (κ3) is 26.7. The number of unbranched alkanes of at least 4 members (excludes halogenated alkanes) is 16. The van der Waals surface area contributed by atoms with E-state index in [0.717, 1.165) is 77.3 Å². The largest absolute Gasteiger partial charge is 0.465 e. The molecule has 1 rings (SSSR count). The molecule has 1 aliphatic heterocycles. The summed E-state index contributed by atoms with van der Waals surface area (Å²) in [7, 11) is 0. The Morgan fingerprint density at radius 3 is 1.52 bits per heavy atom. The third-order valence-corrected chi connectivity index (χ3v) is 10.4. The van der Waals surface area contributed by atoms with E-state index in [-0.39, 0.29) is 74.8 Å². The number of rotatable bonds is 37. The number of ether oxygens (including phenoxy) is 3. The van der Waals surface area contributed by atoms with E-state index in [2.05, 4.69) is 25.7 Å². The Morgan fingerprint density at radius 1 is 0.558 bits per heavy atom. The van der Waals surface area contributed by atoms with Crippen molar-refractivity contribution in [3.63, 3.8) is 0 Å². The molecule has 1 saturated heterocycles. The number of aliphatic hydroxyl groups excluding tert-OH is 1.